The molecule has 0 aliphatic rings. The third-order valence-corrected chi connectivity index (χ3v) is 3.76. The summed E-state index contributed by atoms with van der Waals surface area (Å²) in [5.74, 6) is -0.449. The van der Waals surface area contributed by atoms with E-state index >= 15 is 0 Å². The van der Waals surface area contributed by atoms with Crippen LogP contribution in [0.5, 0.6) is 5.75 Å². The van der Waals surface area contributed by atoms with Crippen LogP contribution >= 0.6 is 0 Å². The highest BCUT2D eigenvalue weighted by Gasteiger charge is 2.21. The molecular weight excluding hydrogens is 252 g/mol. The molecule has 94 valence electrons. The van der Waals surface area contributed by atoms with Crippen LogP contribution in [0.2, 0.25) is 0 Å². The third-order valence-electron chi connectivity index (χ3n) is 2.73. The zero-order chi connectivity index (χ0) is 13.3. The van der Waals surface area contributed by atoms with Gasteiger partial charge in [-0.2, -0.15) is 8.42 Å². The molecule has 2 aromatic carbocycles. The van der Waals surface area contributed by atoms with E-state index in [2.05, 4.69) is 0 Å². The van der Waals surface area contributed by atoms with Crippen LogP contribution in [0.3, 0.4) is 0 Å². The van der Waals surface area contributed by atoms with Crippen molar-refractivity contribution in [2.45, 2.75) is 11.8 Å². The van der Waals surface area contributed by atoms with Crippen LogP contribution in [0.4, 0.5) is 0 Å². The molecular formula is C13H12O4S. The molecule has 0 saturated heterocycles. The summed E-state index contributed by atoms with van der Waals surface area (Å²) in [5.41, 5.74) is 1.80. The maximum absolute atomic E-state index is 11.3. The second-order valence-corrected chi connectivity index (χ2v) is 5.29. The van der Waals surface area contributed by atoms with Crippen molar-refractivity contribution in [3.8, 4) is 16.9 Å². The summed E-state index contributed by atoms with van der Waals surface area (Å²) < 4.78 is 31.6. The fraction of sp³-hybridized carbons (Fsp3) is 0.0769. The molecule has 0 radical (unpaired) electrons. The third kappa shape index (κ3) is 2.23. The van der Waals surface area contributed by atoms with E-state index in [1.807, 2.05) is 30.3 Å². The first kappa shape index (κ1) is 12.6. The SMILES string of the molecule is Cc1c(-c2ccccc2)ccc(O)c1S(=O)(=O)O. The van der Waals surface area contributed by atoms with Crippen LogP contribution in [0.15, 0.2) is 47.4 Å². The van der Waals surface area contributed by atoms with E-state index in [4.69, 9.17) is 4.55 Å². The lowest BCUT2D eigenvalue weighted by Crippen LogP contribution is -2.02. The molecule has 0 heterocycles. The Kier molecular flexibility index (Phi) is 3.11. The van der Waals surface area contributed by atoms with Crippen molar-refractivity contribution in [1.29, 1.82) is 0 Å². The first-order chi connectivity index (χ1) is 8.41. The fourth-order valence-corrected chi connectivity index (χ4v) is 2.76. The molecule has 0 atom stereocenters. The Morgan fingerprint density at radius 2 is 1.61 bits per heavy atom. The van der Waals surface area contributed by atoms with Crippen molar-refractivity contribution in [2.24, 2.45) is 0 Å². The molecule has 0 aromatic heterocycles. The molecule has 0 fully saturated rings. The quantitative estimate of drug-likeness (QED) is 0.818. The zero-order valence-electron chi connectivity index (χ0n) is 9.66. The van der Waals surface area contributed by atoms with Crippen molar-refractivity contribution in [2.75, 3.05) is 0 Å². The summed E-state index contributed by atoms with van der Waals surface area (Å²) in [4.78, 5) is -0.441. The van der Waals surface area contributed by atoms with E-state index in [0.717, 1.165) is 5.56 Å². The Morgan fingerprint density at radius 3 is 2.17 bits per heavy atom. The maximum atomic E-state index is 11.3. The number of hydrogen-bond donors (Lipinski definition) is 2. The van der Waals surface area contributed by atoms with Gasteiger partial charge < -0.3 is 5.11 Å². The van der Waals surface area contributed by atoms with Gasteiger partial charge in [-0.15, -0.1) is 0 Å². The van der Waals surface area contributed by atoms with Crippen molar-refractivity contribution >= 4 is 10.1 Å². The minimum Gasteiger partial charge on any atom is -0.506 e. The molecule has 2 rings (SSSR count). The minimum absolute atomic E-state index is 0.323. The van der Waals surface area contributed by atoms with Gasteiger partial charge in [-0.1, -0.05) is 36.4 Å². The summed E-state index contributed by atoms with van der Waals surface area (Å²) in [6, 6.07) is 12.0. The summed E-state index contributed by atoms with van der Waals surface area (Å²) in [7, 11) is -4.44. The van der Waals surface area contributed by atoms with Gasteiger partial charge in [0.2, 0.25) is 0 Å². The van der Waals surface area contributed by atoms with Gasteiger partial charge in [0.15, 0.2) is 0 Å². The lowest BCUT2D eigenvalue weighted by Gasteiger charge is -2.11. The van der Waals surface area contributed by atoms with Gasteiger partial charge >= 0.3 is 0 Å². The molecule has 0 aliphatic carbocycles. The van der Waals surface area contributed by atoms with Crippen LogP contribution in [-0.4, -0.2) is 18.1 Å². The van der Waals surface area contributed by atoms with Gasteiger partial charge in [0.1, 0.15) is 10.6 Å². The van der Waals surface area contributed by atoms with Gasteiger partial charge in [0, 0.05) is 0 Å². The topological polar surface area (TPSA) is 74.6 Å². The van der Waals surface area contributed by atoms with E-state index in [-0.39, 0.29) is 0 Å². The Hall–Kier alpha value is -1.85. The summed E-state index contributed by atoms with van der Waals surface area (Å²) in [5, 5.41) is 9.56. The molecule has 0 amide bonds. The predicted molar refractivity (Wildman–Crippen MR) is 68.1 cm³/mol. The number of phenolic OH excluding ortho intramolecular Hbond substituents is 1. The average Bonchev–Trinajstić information content (AvgIpc) is 2.28. The monoisotopic (exact) mass is 264 g/mol. The lowest BCUT2D eigenvalue weighted by molar-refractivity contribution is 0.442. The molecule has 2 N–H and O–H groups in total. The maximum Gasteiger partial charge on any atom is 0.298 e. The molecule has 4 nitrogen and oxygen atoms in total. The van der Waals surface area contributed by atoms with Crippen LogP contribution in [-0.2, 0) is 10.1 Å². The van der Waals surface area contributed by atoms with E-state index < -0.39 is 20.8 Å². The predicted octanol–water partition coefficient (Wildman–Crippen LogP) is 2.61. The van der Waals surface area contributed by atoms with Crippen molar-refractivity contribution in [1.82, 2.24) is 0 Å². The van der Waals surface area contributed by atoms with Crippen molar-refractivity contribution < 1.29 is 18.1 Å². The Bertz CT molecular complexity index is 676. The molecule has 0 unspecified atom stereocenters. The van der Waals surface area contributed by atoms with E-state index in [9.17, 15) is 13.5 Å². The van der Waals surface area contributed by atoms with E-state index in [1.165, 1.54) is 6.07 Å². The number of aromatic hydroxyl groups is 1. The van der Waals surface area contributed by atoms with Gasteiger partial charge in [-0.3, -0.25) is 4.55 Å². The highest BCUT2D eigenvalue weighted by atomic mass is 32.2. The highest BCUT2D eigenvalue weighted by molar-refractivity contribution is 7.86. The van der Waals surface area contributed by atoms with E-state index in [1.54, 1.807) is 13.0 Å². The van der Waals surface area contributed by atoms with Crippen molar-refractivity contribution in [3.63, 3.8) is 0 Å². The average molecular weight is 264 g/mol. The first-order valence-electron chi connectivity index (χ1n) is 5.27. The summed E-state index contributed by atoms with van der Waals surface area (Å²) in [6.45, 7) is 1.55. The molecule has 0 saturated carbocycles. The largest absolute Gasteiger partial charge is 0.506 e. The van der Waals surface area contributed by atoms with Gasteiger partial charge in [-0.25, -0.2) is 0 Å². The zero-order valence-corrected chi connectivity index (χ0v) is 10.5. The number of phenols is 1. The normalized spacial score (nSPS) is 11.4. The number of hydrogen-bond acceptors (Lipinski definition) is 3. The number of benzene rings is 2. The van der Waals surface area contributed by atoms with Crippen LogP contribution in [0.25, 0.3) is 11.1 Å². The van der Waals surface area contributed by atoms with Crippen LogP contribution in [0.1, 0.15) is 5.56 Å². The van der Waals surface area contributed by atoms with Crippen LogP contribution in [0, 0.1) is 6.92 Å². The fourth-order valence-electron chi connectivity index (χ4n) is 1.93. The van der Waals surface area contributed by atoms with Crippen LogP contribution < -0.4 is 0 Å². The lowest BCUT2D eigenvalue weighted by atomic mass is 10.0. The molecule has 5 heteroatoms. The molecule has 18 heavy (non-hydrogen) atoms. The Labute approximate surface area is 105 Å². The van der Waals surface area contributed by atoms with Crippen molar-refractivity contribution in [3.05, 3.63) is 48.0 Å². The standard InChI is InChI=1S/C13H12O4S/c1-9-11(10-5-3-2-4-6-10)7-8-12(14)13(9)18(15,16)17/h2-8,14H,1H3,(H,15,16,17). The first-order valence-corrected chi connectivity index (χ1v) is 6.71. The smallest absolute Gasteiger partial charge is 0.298 e. The summed E-state index contributed by atoms with van der Waals surface area (Å²) >= 11 is 0. The highest BCUT2D eigenvalue weighted by Crippen LogP contribution is 2.33. The molecule has 2 aromatic rings. The number of rotatable bonds is 2. The molecule has 0 aliphatic heterocycles. The molecule has 0 bridgehead atoms. The van der Waals surface area contributed by atoms with Gasteiger partial charge in [0.05, 0.1) is 0 Å². The summed E-state index contributed by atoms with van der Waals surface area (Å²) in [6.07, 6.45) is 0. The Morgan fingerprint density at radius 1 is 1.00 bits per heavy atom. The minimum atomic E-state index is -4.44. The Balaban J connectivity index is 2.74. The second-order valence-electron chi connectivity index (χ2n) is 3.93. The van der Waals surface area contributed by atoms with Gasteiger partial charge in [-0.05, 0) is 29.7 Å². The van der Waals surface area contributed by atoms with E-state index in [0.29, 0.717) is 11.1 Å². The van der Waals surface area contributed by atoms with Gasteiger partial charge in [0.25, 0.3) is 10.1 Å². The second kappa shape index (κ2) is 4.44. The molecule has 0 spiro atoms.